The summed E-state index contributed by atoms with van der Waals surface area (Å²) in [5.74, 6) is 0.815. The molecule has 0 saturated heterocycles. The van der Waals surface area contributed by atoms with Gasteiger partial charge in [0.25, 0.3) is 5.56 Å². The number of H-pyrrole nitrogens is 1. The van der Waals surface area contributed by atoms with Crippen LogP contribution in [0.2, 0.25) is 0 Å². The van der Waals surface area contributed by atoms with Crippen molar-refractivity contribution in [3.8, 4) is 17.0 Å². The summed E-state index contributed by atoms with van der Waals surface area (Å²) in [4.78, 5) is 18.8. The van der Waals surface area contributed by atoms with Crippen LogP contribution in [0, 0.1) is 13.8 Å². The van der Waals surface area contributed by atoms with E-state index in [0.717, 1.165) is 28.3 Å². The number of methoxy groups -OCH3 is 1. The number of nitrogens with zero attached hydrogens (tertiary/aromatic N) is 2. The number of aryl methyl sites for hydroxylation is 2. The molecule has 1 N–H and O–H groups in total. The van der Waals surface area contributed by atoms with Crippen LogP contribution in [0.15, 0.2) is 35.4 Å². The van der Waals surface area contributed by atoms with E-state index in [1.165, 1.54) is 0 Å². The average molecular weight is 269 g/mol. The van der Waals surface area contributed by atoms with Gasteiger partial charge in [-0.2, -0.15) is 0 Å². The zero-order valence-corrected chi connectivity index (χ0v) is 11.6. The van der Waals surface area contributed by atoms with Crippen molar-refractivity contribution in [3.05, 3.63) is 52.2 Å². The first kappa shape index (κ1) is 12.5. The lowest BCUT2D eigenvalue weighted by Crippen LogP contribution is -2.14. The molecule has 0 atom stereocenters. The molecule has 0 aliphatic carbocycles. The van der Waals surface area contributed by atoms with E-state index in [1.54, 1.807) is 19.5 Å². The number of benzene rings is 1. The Kier molecular flexibility index (Phi) is 2.82. The molecule has 3 rings (SSSR count). The van der Waals surface area contributed by atoms with Gasteiger partial charge < -0.3 is 9.72 Å². The predicted molar refractivity (Wildman–Crippen MR) is 77.3 cm³/mol. The molecule has 0 amide bonds. The summed E-state index contributed by atoms with van der Waals surface area (Å²) in [6, 6.07) is 5.88. The maximum absolute atomic E-state index is 11.9. The first-order chi connectivity index (χ1) is 9.61. The number of nitrogens with one attached hydrogen (secondary N) is 1. The van der Waals surface area contributed by atoms with E-state index in [0.29, 0.717) is 5.65 Å². The number of hydrogen-bond acceptors (Lipinski definition) is 3. The fraction of sp³-hybridized carbons (Fsp3) is 0.200. The Morgan fingerprint density at radius 3 is 2.80 bits per heavy atom. The highest BCUT2D eigenvalue weighted by Crippen LogP contribution is 2.28. The van der Waals surface area contributed by atoms with E-state index in [9.17, 15) is 4.79 Å². The van der Waals surface area contributed by atoms with Gasteiger partial charge in [0.1, 0.15) is 5.75 Å². The Morgan fingerprint density at radius 1 is 1.30 bits per heavy atom. The van der Waals surface area contributed by atoms with Crippen LogP contribution in [0.25, 0.3) is 16.9 Å². The summed E-state index contributed by atoms with van der Waals surface area (Å²) in [5.41, 5.74) is 4.10. The van der Waals surface area contributed by atoms with Crippen molar-refractivity contribution >= 4 is 5.65 Å². The second-order valence-electron chi connectivity index (χ2n) is 4.73. The lowest BCUT2D eigenvalue weighted by molar-refractivity contribution is 0.414. The summed E-state index contributed by atoms with van der Waals surface area (Å²) in [5, 5.41) is 0. The third kappa shape index (κ3) is 1.79. The van der Waals surface area contributed by atoms with E-state index in [4.69, 9.17) is 4.74 Å². The number of imidazole rings is 1. The van der Waals surface area contributed by atoms with Crippen LogP contribution in [0.5, 0.6) is 5.75 Å². The lowest BCUT2D eigenvalue weighted by Gasteiger charge is -2.12. The number of aromatic nitrogens is 3. The van der Waals surface area contributed by atoms with Gasteiger partial charge in [-0.15, -0.1) is 0 Å². The highest BCUT2D eigenvalue weighted by atomic mass is 16.5. The van der Waals surface area contributed by atoms with Crippen molar-refractivity contribution in [2.24, 2.45) is 0 Å². The minimum Gasteiger partial charge on any atom is -0.497 e. The molecule has 2 aromatic heterocycles. The predicted octanol–water partition coefficient (Wildman–Crippen LogP) is 2.32. The third-order valence-corrected chi connectivity index (χ3v) is 3.43. The van der Waals surface area contributed by atoms with Gasteiger partial charge in [0.15, 0.2) is 0 Å². The summed E-state index contributed by atoms with van der Waals surface area (Å²) < 4.78 is 7.05. The Morgan fingerprint density at radius 2 is 2.10 bits per heavy atom. The fourth-order valence-corrected chi connectivity index (χ4v) is 2.48. The molecule has 0 fully saturated rings. The van der Waals surface area contributed by atoms with E-state index in [2.05, 4.69) is 9.97 Å². The number of fused-ring (bicyclic) bond motifs is 1. The molecule has 0 aliphatic rings. The summed E-state index contributed by atoms with van der Waals surface area (Å²) in [6.45, 7) is 3.91. The number of aromatic amines is 1. The van der Waals surface area contributed by atoms with Crippen LogP contribution < -0.4 is 10.3 Å². The monoisotopic (exact) mass is 269 g/mol. The van der Waals surface area contributed by atoms with E-state index >= 15 is 0 Å². The highest BCUT2D eigenvalue weighted by molar-refractivity contribution is 5.69. The van der Waals surface area contributed by atoms with Gasteiger partial charge in [0.05, 0.1) is 12.8 Å². The Bertz CT molecular complexity index is 846. The largest absolute Gasteiger partial charge is 0.497 e. The summed E-state index contributed by atoms with van der Waals surface area (Å²) in [6.07, 6.45) is 3.43. The van der Waals surface area contributed by atoms with Gasteiger partial charge in [-0.1, -0.05) is 0 Å². The molecule has 5 nitrogen and oxygen atoms in total. The maximum Gasteiger partial charge on any atom is 0.291 e. The van der Waals surface area contributed by atoms with Crippen LogP contribution in [-0.2, 0) is 0 Å². The van der Waals surface area contributed by atoms with Crippen LogP contribution in [0.3, 0.4) is 0 Å². The Labute approximate surface area is 115 Å². The van der Waals surface area contributed by atoms with Gasteiger partial charge in [-0.25, -0.2) is 4.98 Å². The second-order valence-corrected chi connectivity index (χ2v) is 4.73. The molecule has 102 valence electrons. The minimum atomic E-state index is -0.178. The number of ether oxygens (including phenoxy) is 1. The highest BCUT2D eigenvalue weighted by Gasteiger charge is 2.13. The van der Waals surface area contributed by atoms with E-state index in [-0.39, 0.29) is 5.56 Å². The lowest BCUT2D eigenvalue weighted by atomic mass is 10.0. The van der Waals surface area contributed by atoms with Crippen molar-refractivity contribution in [3.63, 3.8) is 0 Å². The molecule has 0 saturated carbocycles. The van der Waals surface area contributed by atoms with Crippen LogP contribution in [0.4, 0.5) is 0 Å². The summed E-state index contributed by atoms with van der Waals surface area (Å²) >= 11 is 0. The Balaban J connectivity index is 2.35. The molecule has 20 heavy (non-hydrogen) atoms. The Hall–Kier alpha value is -2.56. The van der Waals surface area contributed by atoms with Crippen molar-refractivity contribution in [2.75, 3.05) is 7.11 Å². The smallest absolute Gasteiger partial charge is 0.291 e. The fourth-order valence-electron chi connectivity index (χ4n) is 2.48. The zero-order valence-electron chi connectivity index (χ0n) is 11.6. The zero-order chi connectivity index (χ0) is 14.3. The first-order valence-corrected chi connectivity index (χ1v) is 6.33. The van der Waals surface area contributed by atoms with Crippen molar-refractivity contribution in [2.45, 2.75) is 13.8 Å². The first-order valence-electron chi connectivity index (χ1n) is 6.33. The SMILES string of the molecule is COc1ccc(-c2c(C)[nH]c(=O)c3nccn23)c(C)c1. The molecule has 3 aromatic rings. The second kappa shape index (κ2) is 4.52. The van der Waals surface area contributed by atoms with Crippen molar-refractivity contribution in [1.29, 1.82) is 0 Å². The molecular weight excluding hydrogens is 254 g/mol. The standard InChI is InChI=1S/C15H15N3O2/c1-9-8-11(20-3)4-5-12(9)13-10(2)17-15(19)14-16-6-7-18(13)14/h4-8H,1-3H3,(H,17,19). The van der Waals surface area contributed by atoms with Crippen LogP contribution in [-0.4, -0.2) is 21.5 Å². The molecule has 1 aromatic carbocycles. The molecule has 0 unspecified atom stereocenters. The molecule has 0 aliphatic heterocycles. The van der Waals surface area contributed by atoms with Crippen molar-refractivity contribution in [1.82, 2.24) is 14.4 Å². The minimum absolute atomic E-state index is 0.178. The average Bonchev–Trinajstić information content (AvgIpc) is 2.90. The topological polar surface area (TPSA) is 59.4 Å². The molecular formula is C15H15N3O2. The van der Waals surface area contributed by atoms with Crippen molar-refractivity contribution < 1.29 is 4.74 Å². The molecule has 0 spiro atoms. The van der Waals surface area contributed by atoms with Gasteiger partial charge in [-0.3, -0.25) is 9.20 Å². The normalized spacial score (nSPS) is 10.9. The number of hydrogen-bond donors (Lipinski definition) is 1. The van der Waals surface area contributed by atoms with Crippen LogP contribution in [0.1, 0.15) is 11.3 Å². The third-order valence-electron chi connectivity index (χ3n) is 3.43. The van der Waals surface area contributed by atoms with Gasteiger partial charge >= 0.3 is 0 Å². The summed E-state index contributed by atoms with van der Waals surface area (Å²) in [7, 11) is 1.65. The van der Waals surface area contributed by atoms with Gasteiger partial charge in [-0.05, 0) is 37.6 Å². The molecule has 0 radical (unpaired) electrons. The maximum atomic E-state index is 11.9. The van der Waals surface area contributed by atoms with Gasteiger partial charge in [0, 0.05) is 23.7 Å². The quantitative estimate of drug-likeness (QED) is 0.776. The van der Waals surface area contributed by atoms with Crippen LogP contribution >= 0.6 is 0 Å². The number of rotatable bonds is 2. The molecule has 5 heteroatoms. The molecule has 0 bridgehead atoms. The van der Waals surface area contributed by atoms with E-state index in [1.807, 2.05) is 36.4 Å². The molecule has 2 heterocycles. The van der Waals surface area contributed by atoms with E-state index < -0.39 is 0 Å². The van der Waals surface area contributed by atoms with Gasteiger partial charge in [0.2, 0.25) is 5.65 Å².